The molecule has 1 aliphatic carbocycles. The summed E-state index contributed by atoms with van der Waals surface area (Å²) in [5.41, 5.74) is 0. The average Bonchev–Trinajstić information content (AvgIpc) is 2.08. The van der Waals surface area contributed by atoms with Gasteiger partial charge >= 0.3 is 6.16 Å². The van der Waals surface area contributed by atoms with Gasteiger partial charge in [0.15, 0.2) is 0 Å². The molecule has 1 N–H and O–H groups in total. The van der Waals surface area contributed by atoms with Gasteiger partial charge in [0.1, 0.15) is 6.10 Å². The van der Waals surface area contributed by atoms with Crippen molar-refractivity contribution < 1.29 is 14.6 Å². The highest BCUT2D eigenvalue weighted by atomic mass is 16.7. The van der Waals surface area contributed by atoms with Crippen LogP contribution in [0.25, 0.3) is 0 Å². The van der Waals surface area contributed by atoms with Crippen molar-refractivity contribution in [2.75, 3.05) is 0 Å². The predicted molar refractivity (Wildman–Crippen MR) is 49.8 cm³/mol. The lowest BCUT2D eigenvalue weighted by Crippen LogP contribution is -2.23. The molecule has 0 unspecified atom stereocenters. The summed E-state index contributed by atoms with van der Waals surface area (Å²) in [7, 11) is 0. The van der Waals surface area contributed by atoms with Crippen molar-refractivity contribution in [3.05, 3.63) is 0 Å². The second-order valence-electron chi connectivity index (χ2n) is 3.82. The van der Waals surface area contributed by atoms with Crippen molar-refractivity contribution in [2.24, 2.45) is 5.92 Å². The van der Waals surface area contributed by atoms with E-state index in [0.29, 0.717) is 0 Å². The summed E-state index contributed by atoms with van der Waals surface area (Å²) in [5, 5.41) is 8.41. The highest BCUT2D eigenvalue weighted by Gasteiger charge is 2.22. The SMILES string of the molecule is CCCC1CCC(OC(=O)O)CC1. The van der Waals surface area contributed by atoms with E-state index in [0.717, 1.165) is 31.6 Å². The topological polar surface area (TPSA) is 46.5 Å². The number of hydrogen-bond acceptors (Lipinski definition) is 2. The van der Waals surface area contributed by atoms with Crippen LogP contribution in [-0.2, 0) is 4.74 Å². The number of ether oxygens (including phenoxy) is 1. The second kappa shape index (κ2) is 5.10. The Kier molecular flexibility index (Phi) is 4.06. The average molecular weight is 186 g/mol. The lowest BCUT2D eigenvalue weighted by atomic mass is 9.85. The van der Waals surface area contributed by atoms with Crippen LogP contribution in [0.3, 0.4) is 0 Å². The Labute approximate surface area is 79.1 Å². The highest BCUT2D eigenvalue weighted by molar-refractivity contribution is 5.57. The third kappa shape index (κ3) is 3.66. The Morgan fingerprint density at radius 1 is 1.38 bits per heavy atom. The van der Waals surface area contributed by atoms with Crippen LogP contribution >= 0.6 is 0 Å². The normalized spacial score (nSPS) is 28.4. The molecule has 0 atom stereocenters. The maximum absolute atomic E-state index is 10.3. The van der Waals surface area contributed by atoms with Gasteiger partial charge in [-0.3, -0.25) is 0 Å². The van der Waals surface area contributed by atoms with E-state index >= 15 is 0 Å². The van der Waals surface area contributed by atoms with Crippen LogP contribution in [0.5, 0.6) is 0 Å². The quantitative estimate of drug-likeness (QED) is 0.689. The molecule has 0 aromatic rings. The fourth-order valence-corrected chi connectivity index (χ4v) is 2.09. The molecule has 0 bridgehead atoms. The van der Waals surface area contributed by atoms with Crippen LogP contribution < -0.4 is 0 Å². The molecular weight excluding hydrogens is 168 g/mol. The van der Waals surface area contributed by atoms with Gasteiger partial charge in [0.25, 0.3) is 0 Å². The molecule has 1 rings (SSSR count). The highest BCUT2D eigenvalue weighted by Crippen LogP contribution is 2.29. The first-order chi connectivity index (χ1) is 6.22. The van der Waals surface area contributed by atoms with E-state index in [1.807, 2.05) is 0 Å². The molecule has 3 nitrogen and oxygen atoms in total. The first-order valence-electron chi connectivity index (χ1n) is 5.12. The predicted octanol–water partition coefficient (Wildman–Crippen LogP) is 3.04. The molecule has 0 spiro atoms. The molecule has 0 aliphatic heterocycles. The van der Waals surface area contributed by atoms with Gasteiger partial charge in [0.2, 0.25) is 0 Å². The molecule has 0 aromatic heterocycles. The van der Waals surface area contributed by atoms with Gasteiger partial charge < -0.3 is 9.84 Å². The Bertz CT molecular complexity index is 160. The molecule has 1 fully saturated rings. The Morgan fingerprint density at radius 2 is 2.00 bits per heavy atom. The molecule has 0 radical (unpaired) electrons. The summed E-state index contributed by atoms with van der Waals surface area (Å²) in [6.45, 7) is 2.19. The Balaban J connectivity index is 2.18. The third-order valence-corrected chi connectivity index (χ3v) is 2.76. The summed E-state index contributed by atoms with van der Waals surface area (Å²) in [4.78, 5) is 10.3. The maximum atomic E-state index is 10.3. The van der Waals surface area contributed by atoms with Crippen molar-refractivity contribution in [2.45, 2.75) is 51.6 Å². The van der Waals surface area contributed by atoms with Crippen LogP contribution in [0, 0.1) is 5.92 Å². The van der Waals surface area contributed by atoms with Gasteiger partial charge in [-0.25, -0.2) is 4.79 Å². The Hall–Kier alpha value is -0.730. The first kappa shape index (κ1) is 10.4. The van der Waals surface area contributed by atoms with Gasteiger partial charge in [0, 0.05) is 0 Å². The molecule has 1 aliphatic rings. The van der Waals surface area contributed by atoms with Crippen molar-refractivity contribution in [1.82, 2.24) is 0 Å². The second-order valence-corrected chi connectivity index (χ2v) is 3.82. The summed E-state index contributed by atoms with van der Waals surface area (Å²) in [5.74, 6) is 0.804. The monoisotopic (exact) mass is 186 g/mol. The smallest absolute Gasteiger partial charge is 0.450 e. The molecular formula is C10H18O3. The van der Waals surface area contributed by atoms with Crippen molar-refractivity contribution in [3.63, 3.8) is 0 Å². The first-order valence-corrected chi connectivity index (χ1v) is 5.12. The standard InChI is InChI=1S/C10H18O3/c1-2-3-8-4-6-9(7-5-8)13-10(11)12/h8-9H,2-7H2,1H3,(H,11,12). The molecule has 76 valence electrons. The van der Waals surface area contributed by atoms with Gasteiger partial charge in [-0.05, 0) is 31.6 Å². The largest absolute Gasteiger partial charge is 0.506 e. The van der Waals surface area contributed by atoms with E-state index in [2.05, 4.69) is 6.92 Å². The zero-order valence-electron chi connectivity index (χ0n) is 8.16. The molecule has 0 aromatic carbocycles. The summed E-state index contributed by atoms with van der Waals surface area (Å²) in [6, 6.07) is 0. The van der Waals surface area contributed by atoms with Crippen molar-refractivity contribution in [1.29, 1.82) is 0 Å². The van der Waals surface area contributed by atoms with Gasteiger partial charge in [-0.2, -0.15) is 0 Å². The van der Waals surface area contributed by atoms with Crippen LogP contribution in [0.2, 0.25) is 0 Å². The Morgan fingerprint density at radius 3 is 2.46 bits per heavy atom. The van der Waals surface area contributed by atoms with Crippen LogP contribution in [-0.4, -0.2) is 17.4 Å². The molecule has 0 saturated heterocycles. The lowest BCUT2D eigenvalue weighted by molar-refractivity contribution is 0.0276. The number of hydrogen-bond donors (Lipinski definition) is 1. The summed E-state index contributed by atoms with van der Waals surface area (Å²) < 4.78 is 4.73. The van der Waals surface area contributed by atoms with Crippen LogP contribution in [0.1, 0.15) is 45.4 Å². The van der Waals surface area contributed by atoms with Gasteiger partial charge in [0.05, 0.1) is 0 Å². The maximum Gasteiger partial charge on any atom is 0.506 e. The van der Waals surface area contributed by atoms with E-state index < -0.39 is 6.16 Å². The zero-order valence-corrected chi connectivity index (χ0v) is 8.16. The van der Waals surface area contributed by atoms with E-state index in [9.17, 15) is 4.79 Å². The zero-order chi connectivity index (χ0) is 9.68. The van der Waals surface area contributed by atoms with Crippen molar-refractivity contribution >= 4 is 6.16 Å². The number of carbonyl (C=O) groups is 1. The molecule has 13 heavy (non-hydrogen) atoms. The van der Waals surface area contributed by atoms with Crippen molar-refractivity contribution in [3.8, 4) is 0 Å². The minimum Gasteiger partial charge on any atom is -0.450 e. The summed E-state index contributed by atoms with van der Waals surface area (Å²) >= 11 is 0. The van der Waals surface area contributed by atoms with E-state index in [-0.39, 0.29) is 6.10 Å². The van der Waals surface area contributed by atoms with Crippen LogP contribution in [0.4, 0.5) is 4.79 Å². The molecule has 1 saturated carbocycles. The third-order valence-electron chi connectivity index (χ3n) is 2.76. The van der Waals surface area contributed by atoms with Gasteiger partial charge in [-0.1, -0.05) is 19.8 Å². The summed E-state index contributed by atoms with van der Waals surface area (Å²) in [6.07, 6.45) is 5.44. The molecule has 0 heterocycles. The molecule has 3 heteroatoms. The van der Waals surface area contributed by atoms with Crippen LogP contribution in [0.15, 0.2) is 0 Å². The number of carboxylic acid groups (broad SMARTS) is 1. The fourth-order valence-electron chi connectivity index (χ4n) is 2.09. The molecule has 0 amide bonds. The lowest BCUT2D eigenvalue weighted by Gasteiger charge is -2.27. The van der Waals surface area contributed by atoms with E-state index in [1.165, 1.54) is 12.8 Å². The number of rotatable bonds is 3. The fraction of sp³-hybridized carbons (Fsp3) is 0.900. The van der Waals surface area contributed by atoms with E-state index in [1.54, 1.807) is 0 Å². The van der Waals surface area contributed by atoms with Gasteiger partial charge in [-0.15, -0.1) is 0 Å². The minimum absolute atomic E-state index is 0.0365. The minimum atomic E-state index is -1.13. The van der Waals surface area contributed by atoms with E-state index in [4.69, 9.17) is 9.84 Å².